The van der Waals surface area contributed by atoms with Gasteiger partial charge < -0.3 is 24.1 Å². The highest BCUT2D eigenvalue weighted by atomic mass is 16.5. The molecule has 1 aliphatic rings. The minimum absolute atomic E-state index is 0.0394. The SMILES string of the molecule is CCOC(=O)CC1c2cc(-c3cc(O)cc(OC)c3)ccc2OC(=N)C1C(=O)OCC. The van der Waals surface area contributed by atoms with E-state index in [2.05, 4.69) is 0 Å². The van der Waals surface area contributed by atoms with E-state index in [4.69, 9.17) is 24.4 Å². The van der Waals surface area contributed by atoms with Crippen molar-refractivity contribution in [2.24, 2.45) is 5.92 Å². The molecule has 1 heterocycles. The van der Waals surface area contributed by atoms with E-state index in [9.17, 15) is 14.7 Å². The molecule has 0 fully saturated rings. The van der Waals surface area contributed by atoms with Crippen LogP contribution in [0.25, 0.3) is 11.1 Å². The lowest BCUT2D eigenvalue weighted by atomic mass is 9.80. The zero-order chi connectivity index (χ0) is 22.5. The van der Waals surface area contributed by atoms with Crippen molar-refractivity contribution in [1.82, 2.24) is 0 Å². The summed E-state index contributed by atoms with van der Waals surface area (Å²) in [6, 6.07) is 10.1. The standard InChI is InChI=1S/C23H25NO7/c1-4-29-20(26)12-18-17-10-13(14-8-15(25)11-16(9-14)28-3)6-7-19(17)31-22(24)21(18)23(27)30-5-2/h6-11,18,21,24-25H,4-5,12H2,1-3H3. The number of phenols is 1. The minimum atomic E-state index is -1.06. The highest BCUT2D eigenvalue weighted by Crippen LogP contribution is 2.43. The molecular weight excluding hydrogens is 402 g/mol. The van der Waals surface area contributed by atoms with Crippen molar-refractivity contribution in [3.63, 3.8) is 0 Å². The molecule has 2 aromatic carbocycles. The predicted octanol–water partition coefficient (Wildman–Crippen LogP) is 3.65. The monoisotopic (exact) mass is 427 g/mol. The molecular formula is C23H25NO7. The lowest BCUT2D eigenvalue weighted by Crippen LogP contribution is -2.39. The Kier molecular flexibility index (Phi) is 6.79. The van der Waals surface area contributed by atoms with Gasteiger partial charge in [0.15, 0.2) is 0 Å². The maximum atomic E-state index is 12.6. The summed E-state index contributed by atoms with van der Waals surface area (Å²) in [5.74, 6) is -2.22. The van der Waals surface area contributed by atoms with Crippen LogP contribution in [0.1, 0.15) is 31.7 Å². The number of hydrogen-bond donors (Lipinski definition) is 2. The fourth-order valence-electron chi connectivity index (χ4n) is 3.65. The molecule has 0 amide bonds. The molecule has 0 spiro atoms. The highest BCUT2D eigenvalue weighted by Gasteiger charge is 2.42. The molecule has 164 valence electrons. The molecule has 0 saturated carbocycles. The first-order valence-corrected chi connectivity index (χ1v) is 9.98. The third-order valence-electron chi connectivity index (χ3n) is 5.01. The molecule has 2 N–H and O–H groups in total. The van der Waals surface area contributed by atoms with Gasteiger partial charge in [0.2, 0.25) is 5.90 Å². The Labute approximate surface area is 180 Å². The van der Waals surface area contributed by atoms with Crippen molar-refractivity contribution in [3.8, 4) is 28.4 Å². The van der Waals surface area contributed by atoms with E-state index in [1.165, 1.54) is 13.2 Å². The summed E-state index contributed by atoms with van der Waals surface area (Å²) in [5, 5.41) is 18.2. The quantitative estimate of drug-likeness (QED) is 0.648. The molecule has 3 rings (SSSR count). The molecule has 0 saturated heterocycles. The van der Waals surface area contributed by atoms with Crippen molar-refractivity contribution < 1.29 is 33.6 Å². The van der Waals surface area contributed by atoms with E-state index >= 15 is 0 Å². The number of carbonyl (C=O) groups excluding carboxylic acids is 2. The summed E-state index contributed by atoms with van der Waals surface area (Å²) in [4.78, 5) is 24.9. The van der Waals surface area contributed by atoms with Crippen LogP contribution in [0, 0.1) is 11.3 Å². The van der Waals surface area contributed by atoms with Crippen LogP contribution >= 0.6 is 0 Å². The maximum absolute atomic E-state index is 12.6. The molecule has 1 aliphatic heterocycles. The minimum Gasteiger partial charge on any atom is -0.508 e. The number of fused-ring (bicyclic) bond motifs is 1. The second kappa shape index (κ2) is 9.51. The first-order valence-electron chi connectivity index (χ1n) is 9.98. The molecule has 2 unspecified atom stereocenters. The van der Waals surface area contributed by atoms with E-state index in [1.54, 1.807) is 44.2 Å². The number of nitrogens with one attached hydrogen (secondary N) is 1. The van der Waals surface area contributed by atoms with Crippen molar-refractivity contribution >= 4 is 17.8 Å². The Morgan fingerprint density at radius 2 is 1.81 bits per heavy atom. The van der Waals surface area contributed by atoms with Crippen molar-refractivity contribution in [2.45, 2.75) is 26.2 Å². The lowest BCUT2D eigenvalue weighted by molar-refractivity contribution is -0.148. The van der Waals surface area contributed by atoms with Crippen molar-refractivity contribution in [2.75, 3.05) is 20.3 Å². The van der Waals surface area contributed by atoms with Gasteiger partial charge in [0.25, 0.3) is 0 Å². The molecule has 8 heteroatoms. The molecule has 0 aliphatic carbocycles. The number of aromatic hydroxyl groups is 1. The topological polar surface area (TPSA) is 115 Å². The normalized spacial score (nSPS) is 17.3. The Morgan fingerprint density at radius 1 is 1.06 bits per heavy atom. The number of methoxy groups -OCH3 is 1. The summed E-state index contributed by atoms with van der Waals surface area (Å²) < 4.78 is 21.1. The van der Waals surface area contributed by atoms with Gasteiger partial charge in [-0.05, 0) is 49.2 Å². The molecule has 0 aromatic heterocycles. The van der Waals surface area contributed by atoms with Crippen LogP contribution in [0.2, 0.25) is 0 Å². The smallest absolute Gasteiger partial charge is 0.319 e. The predicted molar refractivity (Wildman–Crippen MR) is 113 cm³/mol. The van der Waals surface area contributed by atoms with Crippen LogP contribution in [-0.2, 0) is 19.1 Å². The zero-order valence-electron chi connectivity index (χ0n) is 17.6. The maximum Gasteiger partial charge on any atom is 0.319 e. The number of benzene rings is 2. The van der Waals surface area contributed by atoms with E-state index in [0.29, 0.717) is 22.6 Å². The molecule has 2 atom stereocenters. The van der Waals surface area contributed by atoms with Gasteiger partial charge in [0, 0.05) is 17.5 Å². The highest BCUT2D eigenvalue weighted by molar-refractivity contribution is 6.00. The van der Waals surface area contributed by atoms with Gasteiger partial charge in [0.1, 0.15) is 23.2 Å². The average molecular weight is 427 g/mol. The van der Waals surface area contributed by atoms with Crippen LogP contribution in [0.3, 0.4) is 0 Å². The van der Waals surface area contributed by atoms with Gasteiger partial charge in [-0.15, -0.1) is 0 Å². The molecule has 31 heavy (non-hydrogen) atoms. The summed E-state index contributed by atoms with van der Waals surface area (Å²) in [6.45, 7) is 3.73. The van der Waals surface area contributed by atoms with Gasteiger partial charge in [0.05, 0.1) is 26.7 Å². The van der Waals surface area contributed by atoms with Gasteiger partial charge >= 0.3 is 11.9 Å². The molecule has 0 radical (unpaired) electrons. The number of esters is 2. The van der Waals surface area contributed by atoms with Crippen LogP contribution in [-0.4, -0.2) is 43.3 Å². The third kappa shape index (κ3) is 4.79. The Bertz CT molecular complexity index is 1000. The summed E-state index contributed by atoms with van der Waals surface area (Å²) in [6.07, 6.45) is -0.108. The van der Waals surface area contributed by atoms with Crippen LogP contribution in [0.15, 0.2) is 36.4 Å². The van der Waals surface area contributed by atoms with Gasteiger partial charge in [-0.25, -0.2) is 0 Å². The second-order valence-corrected chi connectivity index (χ2v) is 6.98. The first kappa shape index (κ1) is 22.1. The number of phenolic OH excluding ortho intramolecular Hbond substituents is 1. The number of hydrogen-bond acceptors (Lipinski definition) is 8. The number of rotatable bonds is 7. The van der Waals surface area contributed by atoms with Gasteiger partial charge in [-0.2, -0.15) is 0 Å². The van der Waals surface area contributed by atoms with Gasteiger partial charge in [-0.1, -0.05) is 6.07 Å². The lowest BCUT2D eigenvalue weighted by Gasteiger charge is -2.32. The largest absolute Gasteiger partial charge is 0.508 e. The fourth-order valence-corrected chi connectivity index (χ4v) is 3.65. The van der Waals surface area contributed by atoms with Crippen molar-refractivity contribution in [3.05, 3.63) is 42.0 Å². The zero-order valence-corrected chi connectivity index (χ0v) is 17.6. The Hall–Kier alpha value is -3.55. The Morgan fingerprint density at radius 3 is 2.48 bits per heavy atom. The van der Waals surface area contributed by atoms with E-state index < -0.39 is 23.8 Å². The Balaban J connectivity index is 2.09. The van der Waals surface area contributed by atoms with Crippen LogP contribution in [0.4, 0.5) is 0 Å². The summed E-state index contributed by atoms with van der Waals surface area (Å²) in [7, 11) is 1.50. The fraction of sp³-hybridized carbons (Fsp3) is 0.348. The molecule has 8 nitrogen and oxygen atoms in total. The average Bonchev–Trinajstić information content (AvgIpc) is 2.73. The summed E-state index contributed by atoms with van der Waals surface area (Å²) >= 11 is 0. The number of carbonyl (C=O) groups is 2. The van der Waals surface area contributed by atoms with E-state index in [1.807, 2.05) is 0 Å². The van der Waals surface area contributed by atoms with Gasteiger partial charge in [-0.3, -0.25) is 15.0 Å². The van der Waals surface area contributed by atoms with Crippen molar-refractivity contribution in [1.29, 1.82) is 5.41 Å². The van der Waals surface area contributed by atoms with E-state index in [-0.39, 0.29) is 31.3 Å². The molecule has 2 aromatic rings. The first-order chi connectivity index (χ1) is 14.9. The summed E-state index contributed by atoms with van der Waals surface area (Å²) in [5.41, 5.74) is 1.99. The second-order valence-electron chi connectivity index (χ2n) is 6.98. The van der Waals surface area contributed by atoms with E-state index in [0.717, 1.165) is 5.56 Å². The third-order valence-corrected chi connectivity index (χ3v) is 5.01. The number of ether oxygens (including phenoxy) is 4. The molecule has 0 bridgehead atoms. The van der Waals surface area contributed by atoms with Crippen LogP contribution in [0.5, 0.6) is 17.2 Å². The van der Waals surface area contributed by atoms with Crippen LogP contribution < -0.4 is 9.47 Å².